The van der Waals surface area contributed by atoms with Crippen molar-refractivity contribution in [3.8, 4) is 0 Å². The molecule has 1 heterocycles. The Kier molecular flexibility index (Phi) is 4.92. The van der Waals surface area contributed by atoms with E-state index in [1.54, 1.807) is 0 Å². The predicted octanol–water partition coefficient (Wildman–Crippen LogP) is 1.63. The van der Waals surface area contributed by atoms with Crippen LogP contribution >= 0.6 is 15.9 Å². The Hall–Kier alpha value is -1.51. The SMILES string of the molecule is O=C(NC1(CO)CCOCC1)c1cc([N+](=O)[O-])ccc1Br. The minimum atomic E-state index is -0.737. The van der Waals surface area contributed by atoms with Crippen molar-refractivity contribution in [1.82, 2.24) is 5.32 Å². The van der Waals surface area contributed by atoms with Crippen molar-refractivity contribution < 1.29 is 19.6 Å². The van der Waals surface area contributed by atoms with Crippen molar-refractivity contribution in [1.29, 1.82) is 0 Å². The van der Waals surface area contributed by atoms with E-state index < -0.39 is 16.4 Å². The number of carbonyl (C=O) groups is 1. The second-order valence-corrected chi connectivity index (χ2v) is 5.78. The zero-order chi connectivity index (χ0) is 15.5. The maximum atomic E-state index is 12.4. The number of ether oxygens (including phenoxy) is 1. The summed E-state index contributed by atoms with van der Waals surface area (Å²) in [7, 11) is 0. The van der Waals surface area contributed by atoms with Crippen LogP contribution in [0.1, 0.15) is 23.2 Å². The van der Waals surface area contributed by atoms with Gasteiger partial charge in [0, 0.05) is 29.8 Å². The van der Waals surface area contributed by atoms with Crippen LogP contribution in [0, 0.1) is 10.1 Å². The van der Waals surface area contributed by atoms with Crippen molar-refractivity contribution in [2.24, 2.45) is 0 Å². The number of carbonyl (C=O) groups excluding carboxylic acids is 1. The minimum Gasteiger partial charge on any atom is -0.394 e. The van der Waals surface area contributed by atoms with Gasteiger partial charge in [-0.3, -0.25) is 14.9 Å². The maximum absolute atomic E-state index is 12.4. The standard InChI is InChI=1S/C13H15BrN2O5/c14-11-2-1-9(16(19)20)7-10(11)12(18)15-13(8-17)3-5-21-6-4-13/h1-2,7,17H,3-6,8H2,(H,15,18). The first kappa shape index (κ1) is 15.9. The molecule has 0 radical (unpaired) electrons. The molecule has 0 unspecified atom stereocenters. The highest BCUT2D eigenvalue weighted by Crippen LogP contribution is 2.25. The van der Waals surface area contributed by atoms with Gasteiger partial charge in [-0.05, 0) is 34.8 Å². The third-order valence-corrected chi connectivity index (χ3v) is 4.23. The van der Waals surface area contributed by atoms with Gasteiger partial charge in [0.1, 0.15) is 0 Å². The molecule has 1 aliphatic heterocycles. The van der Waals surface area contributed by atoms with Crippen LogP contribution in [-0.2, 0) is 4.74 Å². The number of non-ortho nitro benzene ring substituents is 1. The average Bonchev–Trinajstić information content (AvgIpc) is 2.48. The van der Waals surface area contributed by atoms with E-state index in [1.165, 1.54) is 18.2 Å². The summed E-state index contributed by atoms with van der Waals surface area (Å²) >= 11 is 3.21. The van der Waals surface area contributed by atoms with Gasteiger partial charge >= 0.3 is 0 Å². The van der Waals surface area contributed by atoms with Crippen LogP contribution in [0.25, 0.3) is 0 Å². The molecule has 7 nitrogen and oxygen atoms in total. The first-order valence-corrected chi connectivity index (χ1v) is 7.22. The van der Waals surface area contributed by atoms with Gasteiger partial charge in [0.05, 0.1) is 22.6 Å². The third-order valence-electron chi connectivity index (χ3n) is 3.54. The Balaban J connectivity index is 2.23. The largest absolute Gasteiger partial charge is 0.394 e. The van der Waals surface area contributed by atoms with Gasteiger partial charge in [-0.15, -0.1) is 0 Å². The molecule has 2 rings (SSSR count). The average molecular weight is 359 g/mol. The van der Waals surface area contributed by atoms with Gasteiger partial charge in [-0.1, -0.05) is 0 Å². The van der Waals surface area contributed by atoms with Crippen LogP contribution in [0.15, 0.2) is 22.7 Å². The zero-order valence-electron chi connectivity index (χ0n) is 11.2. The molecular weight excluding hydrogens is 344 g/mol. The molecule has 8 heteroatoms. The molecular formula is C13H15BrN2O5. The normalized spacial score (nSPS) is 17.2. The Labute approximate surface area is 129 Å². The summed E-state index contributed by atoms with van der Waals surface area (Å²) in [5.41, 5.74) is -0.726. The summed E-state index contributed by atoms with van der Waals surface area (Å²) < 4.78 is 5.69. The number of aliphatic hydroxyl groups is 1. The van der Waals surface area contributed by atoms with Crippen molar-refractivity contribution in [3.63, 3.8) is 0 Å². The lowest BCUT2D eigenvalue weighted by Gasteiger charge is -2.36. The zero-order valence-corrected chi connectivity index (χ0v) is 12.8. The smallest absolute Gasteiger partial charge is 0.270 e. The second-order valence-electron chi connectivity index (χ2n) is 4.93. The quantitative estimate of drug-likeness (QED) is 0.629. The minimum absolute atomic E-state index is 0.159. The molecule has 1 aliphatic rings. The van der Waals surface area contributed by atoms with E-state index in [9.17, 15) is 20.0 Å². The number of aliphatic hydroxyl groups excluding tert-OH is 1. The number of benzene rings is 1. The summed E-state index contributed by atoms with van der Waals surface area (Å²) in [5.74, 6) is -0.457. The highest BCUT2D eigenvalue weighted by Gasteiger charge is 2.34. The van der Waals surface area contributed by atoms with Crippen LogP contribution in [0.5, 0.6) is 0 Å². The van der Waals surface area contributed by atoms with Gasteiger partial charge in [-0.2, -0.15) is 0 Å². The van der Waals surface area contributed by atoms with Crippen molar-refractivity contribution in [2.75, 3.05) is 19.8 Å². The summed E-state index contributed by atoms with van der Waals surface area (Å²) in [6.07, 6.45) is 1.00. The number of hydrogen-bond donors (Lipinski definition) is 2. The van der Waals surface area contributed by atoms with E-state index in [1.807, 2.05) is 0 Å². The molecule has 1 aromatic rings. The van der Waals surface area contributed by atoms with E-state index in [2.05, 4.69) is 21.2 Å². The second kappa shape index (κ2) is 6.50. The molecule has 0 spiro atoms. The van der Waals surface area contributed by atoms with E-state index in [-0.39, 0.29) is 17.9 Å². The lowest BCUT2D eigenvalue weighted by Crippen LogP contribution is -2.54. The van der Waals surface area contributed by atoms with Crippen LogP contribution < -0.4 is 5.32 Å². The first-order chi connectivity index (χ1) is 9.97. The Morgan fingerprint density at radius 1 is 1.48 bits per heavy atom. The topological polar surface area (TPSA) is 102 Å². The third kappa shape index (κ3) is 3.58. The van der Waals surface area contributed by atoms with Crippen LogP contribution in [0.2, 0.25) is 0 Å². The lowest BCUT2D eigenvalue weighted by atomic mass is 9.90. The molecule has 0 aromatic heterocycles. The maximum Gasteiger partial charge on any atom is 0.270 e. The fourth-order valence-electron chi connectivity index (χ4n) is 2.19. The molecule has 1 saturated heterocycles. The molecule has 21 heavy (non-hydrogen) atoms. The molecule has 0 saturated carbocycles. The van der Waals surface area contributed by atoms with Crippen LogP contribution in [-0.4, -0.2) is 41.3 Å². The molecule has 0 atom stereocenters. The molecule has 0 aliphatic carbocycles. The van der Waals surface area contributed by atoms with Gasteiger partial charge in [0.25, 0.3) is 11.6 Å². The molecule has 0 bridgehead atoms. The summed E-state index contributed by atoms with van der Waals surface area (Å²) in [4.78, 5) is 22.6. The number of nitrogens with one attached hydrogen (secondary N) is 1. The number of amides is 1. The van der Waals surface area contributed by atoms with E-state index >= 15 is 0 Å². The van der Waals surface area contributed by atoms with E-state index in [0.29, 0.717) is 30.5 Å². The molecule has 2 N–H and O–H groups in total. The van der Waals surface area contributed by atoms with Gasteiger partial charge in [0.2, 0.25) is 0 Å². The molecule has 1 aromatic carbocycles. The Bertz CT molecular complexity index is 557. The lowest BCUT2D eigenvalue weighted by molar-refractivity contribution is -0.384. The molecule has 1 amide bonds. The highest BCUT2D eigenvalue weighted by molar-refractivity contribution is 9.10. The number of rotatable bonds is 4. The summed E-state index contributed by atoms with van der Waals surface area (Å²) in [6, 6.07) is 3.99. The van der Waals surface area contributed by atoms with Gasteiger partial charge < -0.3 is 15.2 Å². The number of hydrogen-bond acceptors (Lipinski definition) is 5. The van der Waals surface area contributed by atoms with Gasteiger partial charge in [-0.25, -0.2) is 0 Å². The number of nitrogens with zero attached hydrogens (tertiary/aromatic N) is 1. The number of nitro groups is 1. The van der Waals surface area contributed by atoms with Crippen LogP contribution in [0.3, 0.4) is 0 Å². The fourth-order valence-corrected chi connectivity index (χ4v) is 2.62. The van der Waals surface area contributed by atoms with Crippen molar-refractivity contribution in [3.05, 3.63) is 38.3 Å². The Morgan fingerprint density at radius 2 is 2.14 bits per heavy atom. The first-order valence-electron chi connectivity index (χ1n) is 6.42. The van der Waals surface area contributed by atoms with Gasteiger partial charge in [0.15, 0.2) is 0 Å². The summed E-state index contributed by atoms with van der Waals surface area (Å²) in [6.45, 7) is 0.711. The van der Waals surface area contributed by atoms with Crippen molar-refractivity contribution >= 4 is 27.5 Å². The highest BCUT2D eigenvalue weighted by atomic mass is 79.9. The summed E-state index contributed by atoms with van der Waals surface area (Å²) in [5, 5.41) is 23.1. The molecule has 114 valence electrons. The van der Waals surface area contributed by atoms with E-state index in [0.717, 1.165) is 0 Å². The molecule has 1 fully saturated rings. The van der Waals surface area contributed by atoms with Crippen LogP contribution in [0.4, 0.5) is 5.69 Å². The van der Waals surface area contributed by atoms with E-state index in [4.69, 9.17) is 4.74 Å². The number of halogens is 1. The monoisotopic (exact) mass is 358 g/mol. The van der Waals surface area contributed by atoms with Crippen molar-refractivity contribution in [2.45, 2.75) is 18.4 Å². The Morgan fingerprint density at radius 3 is 2.71 bits per heavy atom. The number of nitro benzene ring substituents is 1. The fraction of sp³-hybridized carbons (Fsp3) is 0.462. The predicted molar refractivity (Wildman–Crippen MR) is 78.1 cm³/mol.